The third-order valence-corrected chi connectivity index (χ3v) is 3.19. The molecule has 0 bridgehead atoms. The molecule has 2 aromatic rings. The molecule has 0 radical (unpaired) electrons. The van der Waals surface area contributed by atoms with Gasteiger partial charge in [-0.15, -0.1) is 10.2 Å². The molecule has 1 heterocycles. The first-order valence-electron chi connectivity index (χ1n) is 6.86. The highest BCUT2D eigenvalue weighted by atomic mass is 15.5. The topological polar surface area (TPSA) is 69.7 Å². The van der Waals surface area contributed by atoms with Crippen LogP contribution in [0.1, 0.15) is 18.9 Å². The zero-order valence-corrected chi connectivity index (χ0v) is 12.3. The zero-order valence-electron chi connectivity index (χ0n) is 12.3. The molecule has 20 heavy (non-hydrogen) atoms. The molecule has 2 rings (SSSR count). The van der Waals surface area contributed by atoms with Gasteiger partial charge in [-0.3, -0.25) is 0 Å². The fraction of sp³-hybridized carbons (Fsp3) is 0.500. The van der Waals surface area contributed by atoms with Crippen molar-refractivity contribution in [2.45, 2.75) is 25.9 Å². The van der Waals surface area contributed by atoms with Crippen molar-refractivity contribution in [2.24, 2.45) is 0 Å². The summed E-state index contributed by atoms with van der Waals surface area (Å²) in [4.78, 5) is 2.20. The molecule has 0 amide bonds. The quantitative estimate of drug-likeness (QED) is 0.796. The molecule has 1 unspecified atom stereocenters. The van der Waals surface area contributed by atoms with Crippen molar-refractivity contribution in [3.8, 4) is 11.4 Å². The van der Waals surface area contributed by atoms with E-state index in [0.29, 0.717) is 11.9 Å². The van der Waals surface area contributed by atoms with Gasteiger partial charge in [0.25, 0.3) is 0 Å². The predicted octanol–water partition coefficient (Wildman–Crippen LogP) is 1.30. The molecule has 108 valence electrons. The molecule has 1 aromatic carbocycles. The van der Waals surface area contributed by atoms with E-state index in [0.717, 1.165) is 25.1 Å². The van der Waals surface area contributed by atoms with E-state index >= 15 is 0 Å². The van der Waals surface area contributed by atoms with Gasteiger partial charge in [0.05, 0.1) is 0 Å². The molecule has 2 N–H and O–H groups in total. The van der Waals surface area contributed by atoms with E-state index < -0.39 is 0 Å². The lowest BCUT2D eigenvalue weighted by atomic mass is 10.1. The summed E-state index contributed by atoms with van der Waals surface area (Å²) >= 11 is 0. The first-order valence-corrected chi connectivity index (χ1v) is 6.86. The van der Waals surface area contributed by atoms with E-state index in [-0.39, 0.29) is 0 Å². The molecule has 1 atom stereocenters. The number of rotatable bonds is 7. The van der Waals surface area contributed by atoms with Gasteiger partial charge in [0.1, 0.15) is 0 Å². The van der Waals surface area contributed by atoms with Gasteiger partial charge in [-0.05, 0) is 50.8 Å². The Morgan fingerprint density at radius 2 is 2.20 bits per heavy atom. The monoisotopic (exact) mass is 274 g/mol. The number of hydrogen-bond donors (Lipinski definition) is 2. The van der Waals surface area contributed by atoms with E-state index in [4.69, 9.17) is 0 Å². The molecular weight excluding hydrogens is 252 g/mol. The number of benzene rings is 1. The maximum absolute atomic E-state index is 4.00. The summed E-state index contributed by atoms with van der Waals surface area (Å²) < 4.78 is 0. The van der Waals surface area contributed by atoms with Gasteiger partial charge in [0.15, 0.2) is 0 Å². The maximum atomic E-state index is 4.00. The molecular formula is C14H22N6. The smallest absolute Gasteiger partial charge is 0.204 e. The minimum absolute atomic E-state index is 0.492. The van der Waals surface area contributed by atoms with E-state index in [9.17, 15) is 0 Å². The SMILES string of the molecule is CC(CCN(C)C)NCc1cccc(-c2nn[nH]n2)c1. The number of nitrogens with one attached hydrogen (secondary N) is 2. The summed E-state index contributed by atoms with van der Waals surface area (Å²) in [5, 5.41) is 17.6. The first kappa shape index (κ1) is 14.6. The van der Waals surface area contributed by atoms with Crippen molar-refractivity contribution < 1.29 is 0 Å². The van der Waals surface area contributed by atoms with Crippen molar-refractivity contribution in [1.82, 2.24) is 30.8 Å². The Morgan fingerprint density at radius 1 is 1.35 bits per heavy atom. The number of hydrogen-bond acceptors (Lipinski definition) is 5. The Kier molecular flexibility index (Phi) is 5.20. The van der Waals surface area contributed by atoms with Crippen LogP contribution >= 0.6 is 0 Å². The minimum atomic E-state index is 0.492. The lowest BCUT2D eigenvalue weighted by Gasteiger charge is -2.16. The first-order chi connectivity index (χ1) is 9.65. The van der Waals surface area contributed by atoms with Gasteiger partial charge in [-0.1, -0.05) is 18.2 Å². The van der Waals surface area contributed by atoms with Gasteiger partial charge in [0.2, 0.25) is 5.82 Å². The van der Waals surface area contributed by atoms with Crippen LogP contribution < -0.4 is 5.32 Å². The fourth-order valence-corrected chi connectivity index (χ4v) is 1.95. The number of aromatic amines is 1. The average molecular weight is 274 g/mol. The van der Waals surface area contributed by atoms with E-state index in [2.05, 4.69) is 64.0 Å². The Morgan fingerprint density at radius 3 is 2.90 bits per heavy atom. The van der Waals surface area contributed by atoms with Gasteiger partial charge in [-0.25, -0.2) is 0 Å². The molecule has 0 aliphatic heterocycles. The molecule has 0 saturated heterocycles. The molecule has 1 aromatic heterocycles. The van der Waals surface area contributed by atoms with Gasteiger partial charge in [0, 0.05) is 18.2 Å². The van der Waals surface area contributed by atoms with Gasteiger partial charge in [-0.2, -0.15) is 5.21 Å². The highest BCUT2D eigenvalue weighted by Gasteiger charge is 2.05. The highest BCUT2D eigenvalue weighted by Crippen LogP contribution is 2.14. The van der Waals surface area contributed by atoms with Crippen molar-refractivity contribution in [3.63, 3.8) is 0 Å². The lowest BCUT2D eigenvalue weighted by molar-refractivity contribution is 0.365. The van der Waals surface area contributed by atoms with Crippen molar-refractivity contribution >= 4 is 0 Å². The summed E-state index contributed by atoms with van der Waals surface area (Å²) in [5.41, 5.74) is 2.21. The predicted molar refractivity (Wildman–Crippen MR) is 79.1 cm³/mol. The largest absolute Gasteiger partial charge is 0.310 e. The van der Waals surface area contributed by atoms with E-state index in [1.807, 2.05) is 12.1 Å². The number of aromatic nitrogens is 4. The summed E-state index contributed by atoms with van der Waals surface area (Å²) in [5.74, 6) is 0.632. The maximum Gasteiger partial charge on any atom is 0.204 e. The molecule has 0 saturated carbocycles. The molecule has 0 aliphatic rings. The second-order valence-corrected chi connectivity index (χ2v) is 5.31. The van der Waals surface area contributed by atoms with Gasteiger partial charge < -0.3 is 10.2 Å². The Labute approximate surface area is 119 Å². The second kappa shape index (κ2) is 7.12. The number of nitrogens with zero attached hydrogens (tertiary/aromatic N) is 4. The van der Waals surface area contributed by atoms with Crippen molar-refractivity contribution in [2.75, 3.05) is 20.6 Å². The van der Waals surface area contributed by atoms with Crippen LogP contribution in [0.15, 0.2) is 24.3 Å². The van der Waals surface area contributed by atoms with Crippen LogP contribution in [0, 0.1) is 0 Å². The van der Waals surface area contributed by atoms with E-state index in [1.54, 1.807) is 0 Å². The van der Waals surface area contributed by atoms with Gasteiger partial charge >= 0.3 is 0 Å². The standard InChI is InChI=1S/C14H22N6/c1-11(7-8-20(2)3)15-10-12-5-4-6-13(9-12)14-16-18-19-17-14/h4-6,9,11,15H,7-8,10H2,1-3H3,(H,16,17,18,19). The summed E-state index contributed by atoms with van der Waals surface area (Å²) in [6, 6.07) is 8.70. The average Bonchev–Trinajstić information content (AvgIpc) is 2.97. The molecule has 0 fully saturated rings. The molecule has 6 heteroatoms. The molecule has 0 aliphatic carbocycles. The van der Waals surface area contributed by atoms with Crippen LogP contribution in [-0.2, 0) is 6.54 Å². The number of H-pyrrole nitrogens is 1. The summed E-state index contributed by atoms with van der Waals surface area (Å²) in [6.45, 7) is 4.16. The van der Waals surface area contributed by atoms with Crippen molar-refractivity contribution in [1.29, 1.82) is 0 Å². The van der Waals surface area contributed by atoms with Crippen LogP contribution in [0.4, 0.5) is 0 Å². The Bertz CT molecular complexity index is 508. The Hall–Kier alpha value is -1.79. The third kappa shape index (κ3) is 4.40. The molecule has 6 nitrogen and oxygen atoms in total. The zero-order chi connectivity index (χ0) is 14.4. The normalized spacial score (nSPS) is 12.8. The van der Waals surface area contributed by atoms with Crippen LogP contribution in [-0.4, -0.2) is 52.2 Å². The van der Waals surface area contributed by atoms with Crippen LogP contribution in [0.2, 0.25) is 0 Å². The van der Waals surface area contributed by atoms with Crippen LogP contribution in [0.3, 0.4) is 0 Å². The summed E-state index contributed by atoms with van der Waals surface area (Å²) in [7, 11) is 4.20. The molecule has 0 spiro atoms. The minimum Gasteiger partial charge on any atom is -0.310 e. The van der Waals surface area contributed by atoms with Crippen molar-refractivity contribution in [3.05, 3.63) is 29.8 Å². The van der Waals surface area contributed by atoms with E-state index in [1.165, 1.54) is 5.56 Å². The fourth-order valence-electron chi connectivity index (χ4n) is 1.95. The van der Waals surface area contributed by atoms with Crippen LogP contribution in [0.5, 0.6) is 0 Å². The third-order valence-electron chi connectivity index (χ3n) is 3.19. The van der Waals surface area contributed by atoms with Crippen LogP contribution in [0.25, 0.3) is 11.4 Å². The number of tetrazole rings is 1. The highest BCUT2D eigenvalue weighted by molar-refractivity contribution is 5.54. The second-order valence-electron chi connectivity index (χ2n) is 5.31. The summed E-state index contributed by atoms with van der Waals surface area (Å²) in [6.07, 6.45) is 1.14. The Balaban J connectivity index is 1.89. The lowest BCUT2D eigenvalue weighted by Crippen LogP contribution is -2.29.